The van der Waals surface area contributed by atoms with Crippen molar-refractivity contribution in [3.05, 3.63) is 29.5 Å². The number of aryl methyl sites for hydroxylation is 1. The average Bonchev–Trinajstić information content (AvgIpc) is 2.90. The Hall–Kier alpha value is -1.81. The molecule has 3 aliphatic heterocycles. The summed E-state index contributed by atoms with van der Waals surface area (Å²) >= 11 is 0. The van der Waals surface area contributed by atoms with Crippen LogP contribution in [-0.4, -0.2) is 35.5 Å². The van der Waals surface area contributed by atoms with Gasteiger partial charge in [-0.3, -0.25) is 4.79 Å². The van der Waals surface area contributed by atoms with Gasteiger partial charge in [0.2, 0.25) is 0 Å². The van der Waals surface area contributed by atoms with E-state index in [0.29, 0.717) is 18.1 Å². The largest absolute Gasteiger partial charge is 0.427 e. The lowest BCUT2D eigenvalue weighted by molar-refractivity contribution is -0.134. The summed E-state index contributed by atoms with van der Waals surface area (Å²) in [6.45, 7) is 7.66. The molecular formula is C19H24N2O2. The highest BCUT2D eigenvalue weighted by atomic mass is 16.5. The number of H-pyrrole nitrogens is 1. The van der Waals surface area contributed by atoms with Gasteiger partial charge in [-0.1, -0.05) is 6.92 Å². The van der Waals surface area contributed by atoms with Crippen molar-refractivity contribution in [2.45, 2.75) is 39.0 Å². The summed E-state index contributed by atoms with van der Waals surface area (Å²) in [4.78, 5) is 17.7. The second-order valence-corrected chi connectivity index (χ2v) is 6.94. The predicted molar refractivity (Wildman–Crippen MR) is 90.9 cm³/mol. The number of hydrogen-bond acceptors (Lipinski definition) is 3. The third-order valence-corrected chi connectivity index (χ3v) is 5.55. The van der Waals surface area contributed by atoms with Crippen LogP contribution in [0.15, 0.2) is 18.2 Å². The van der Waals surface area contributed by atoms with Crippen molar-refractivity contribution in [1.82, 2.24) is 9.88 Å². The second-order valence-electron chi connectivity index (χ2n) is 6.94. The maximum atomic E-state index is 11.6. The number of piperidine rings is 3. The Morgan fingerprint density at radius 3 is 2.78 bits per heavy atom. The predicted octanol–water partition coefficient (Wildman–Crippen LogP) is 3.60. The molecule has 5 rings (SSSR count). The first-order chi connectivity index (χ1) is 11.2. The minimum Gasteiger partial charge on any atom is -0.427 e. The van der Waals surface area contributed by atoms with E-state index in [1.54, 1.807) is 0 Å². The van der Waals surface area contributed by atoms with Crippen LogP contribution in [0, 0.1) is 12.8 Å². The Morgan fingerprint density at radius 1 is 1.35 bits per heavy atom. The zero-order chi connectivity index (χ0) is 16.0. The fourth-order valence-electron chi connectivity index (χ4n) is 4.36. The molecular weight excluding hydrogens is 288 g/mol. The molecule has 1 aromatic carbocycles. The number of esters is 1. The van der Waals surface area contributed by atoms with Crippen LogP contribution in [-0.2, 0) is 4.79 Å². The molecule has 3 aliphatic rings. The average molecular weight is 312 g/mol. The van der Waals surface area contributed by atoms with Crippen LogP contribution in [0.3, 0.4) is 0 Å². The van der Waals surface area contributed by atoms with Crippen LogP contribution in [0.2, 0.25) is 0 Å². The first-order valence-electron chi connectivity index (χ1n) is 8.71. The molecule has 3 saturated heterocycles. The molecule has 122 valence electrons. The number of nitrogens with zero attached hydrogens (tertiary/aromatic N) is 1. The number of ether oxygens (including phenoxy) is 1. The Labute approximate surface area is 136 Å². The van der Waals surface area contributed by atoms with E-state index in [0.717, 1.165) is 18.0 Å². The Bertz CT molecular complexity index is 741. The highest BCUT2D eigenvalue weighted by Crippen LogP contribution is 2.43. The van der Waals surface area contributed by atoms with E-state index in [1.807, 2.05) is 25.1 Å². The minimum atomic E-state index is -0.180. The van der Waals surface area contributed by atoms with Crippen LogP contribution in [0.4, 0.5) is 0 Å². The maximum Gasteiger partial charge on any atom is 0.310 e. The number of nitrogens with one attached hydrogen (secondary N) is 1. The Morgan fingerprint density at radius 2 is 2.13 bits per heavy atom. The van der Waals surface area contributed by atoms with Gasteiger partial charge in [-0.15, -0.1) is 0 Å². The van der Waals surface area contributed by atoms with E-state index in [9.17, 15) is 4.79 Å². The Kier molecular flexibility index (Phi) is 3.64. The minimum absolute atomic E-state index is 0.180. The van der Waals surface area contributed by atoms with Gasteiger partial charge < -0.3 is 14.6 Å². The first-order valence-corrected chi connectivity index (χ1v) is 8.71. The van der Waals surface area contributed by atoms with Crippen molar-refractivity contribution in [2.24, 2.45) is 5.92 Å². The van der Waals surface area contributed by atoms with Crippen LogP contribution in [0.25, 0.3) is 10.9 Å². The lowest BCUT2D eigenvalue weighted by atomic mass is 9.75. The van der Waals surface area contributed by atoms with E-state index in [-0.39, 0.29) is 5.97 Å². The summed E-state index contributed by atoms with van der Waals surface area (Å²) in [7, 11) is 0. The van der Waals surface area contributed by atoms with Gasteiger partial charge in [0.05, 0.1) is 0 Å². The topological polar surface area (TPSA) is 45.3 Å². The molecule has 4 heteroatoms. The molecule has 2 bridgehead atoms. The number of hydrogen-bond donors (Lipinski definition) is 1. The van der Waals surface area contributed by atoms with E-state index >= 15 is 0 Å². The summed E-state index contributed by atoms with van der Waals surface area (Å²) in [6.07, 6.45) is 3.01. The van der Waals surface area contributed by atoms with Crippen molar-refractivity contribution < 1.29 is 9.53 Å². The molecule has 1 N–H and O–H groups in total. The zero-order valence-electron chi connectivity index (χ0n) is 13.9. The molecule has 4 nitrogen and oxygen atoms in total. The van der Waals surface area contributed by atoms with Gasteiger partial charge in [-0.25, -0.2) is 0 Å². The molecule has 23 heavy (non-hydrogen) atoms. The molecule has 0 aliphatic carbocycles. The number of rotatable bonds is 3. The zero-order valence-corrected chi connectivity index (χ0v) is 13.9. The highest BCUT2D eigenvalue weighted by Gasteiger charge is 2.36. The maximum absolute atomic E-state index is 11.6. The van der Waals surface area contributed by atoms with Crippen molar-refractivity contribution in [3.8, 4) is 5.75 Å². The molecule has 0 amide bonds. The summed E-state index contributed by atoms with van der Waals surface area (Å²) in [5.74, 6) is 1.87. The molecule has 3 fully saturated rings. The van der Waals surface area contributed by atoms with Crippen LogP contribution in [0.5, 0.6) is 5.75 Å². The normalized spacial score (nSPS) is 26.6. The van der Waals surface area contributed by atoms with E-state index < -0.39 is 0 Å². The summed E-state index contributed by atoms with van der Waals surface area (Å²) in [6, 6.07) is 5.96. The number of carbonyl (C=O) groups is 1. The molecule has 4 heterocycles. The summed E-state index contributed by atoms with van der Waals surface area (Å²) < 4.78 is 5.42. The molecule has 1 atom stereocenters. The molecule has 0 spiro atoms. The van der Waals surface area contributed by atoms with Crippen LogP contribution >= 0.6 is 0 Å². The van der Waals surface area contributed by atoms with Gasteiger partial charge in [0, 0.05) is 35.5 Å². The van der Waals surface area contributed by atoms with Crippen LogP contribution < -0.4 is 4.74 Å². The van der Waals surface area contributed by atoms with Crippen molar-refractivity contribution >= 4 is 16.9 Å². The molecule has 0 saturated carbocycles. The van der Waals surface area contributed by atoms with Gasteiger partial charge in [-0.05, 0) is 62.5 Å². The monoisotopic (exact) mass is 312 g/mol. The number of carbonyl (C=O) groups excluding carboxylic acids is 1. The van der Waals surface area contributed by atoms with E-state index in [4.69, 9.17) is 4.74 Å². The van der Waals surface area contributed by atoms with Gasteiger partial charge in [0.1, 0.15) is 5.75 Å². The van der Waals surface area contributed by atoms with Gasteiger partial charge in [0.25, 0.3) is 0 Å². The van der Waals surface area contributed by atoms with E-state index in [2.05, 4.69) is 16.8 Å². The van der Waals surface area contributed by atoms with Gasteiger partial charge >= 0.3 is 5.97 Å². The Balaban J connectivity index is 1.74. The number of fused-ring (bicyclic) bond motifs is 4. The summed E-state index contributed by atoms with van der Waals surface area (Å²) in [5, 5.41) is 1.22. The lowest BCUT2D eigenvalue weighted by Crippen LogP contribution is -2.46. The smallest absolute Gasteiger partial charge is 0.310 e. The quantitative estimate of drug-likeness (QED) is 0.696. The fourth-order valence-corrected chi connectivity index (χ4v) is 4.36. The van der Waals surface area contributed by atoms with E-state index in [1.165, 1.54) is 42.6 Å². The second kappa shape index (κ2) is 5.68. The SMILES string of the molecule is CCC(=O)Oc1ccc2[nH]c(C)c(C3CN4CCC3CC4)c2c1. The lowest BCUT2D eigenvalue weighted by Gasteiger charge is -2.45. The third kappa shape index (κ3) is 2.55. The number of benzene rings is 1. The number of aromatic amines is 1. The number of aromatic nitrogens is 1. The highest BCUT2D eigenvalue weighted by molar-refractivity contribution is 5.87. The third-order valence-electron chi connectivity index (χ3n) is 5.55. The van der Waals surface area contributed by atoms with Crippen LogP contribution in [0.1, 0.15) is 43.4 Å². The molecule has 2 aromatic rings. The standard InChI is InChI=1S/C19H24N2O2/c1-3-18(22)23-14-4-5-17-15(10-14)19(12(2)20-17)16-11-21-8-6-13(16)7-9-21/h4-5,10,13,16,20H,3,6-9,11H2,1-2H3. The van der Waals surface area contributed by atoms with Crippen molar-refractivity contribution in [3.63, 3.8) is 0 Å². The first kappa shape index (κ1) is 14.8. The molecule has 1 aromatic heterocycles. The molecule has 1 unspecified atom stereocenters. The van der Waals surface area contributed by atoms with Gasteiger partial charge in [0.15, 0.2) is 0 Å². The fraction of sp³-hybridized carbons (Fsp3) is 0.526. The van der Waals surface area contributed by atoms with Crippen molar-refractivity contribution in [2.75, 3.05) is 19.6 Å². The van der Waals surface area contributed by atoms with Crippen molar-refractivity contribution in [1.29, 1.82) is 0 Å². The van der Waals surface area contributed by atoms with Gasteiger partial charge in [-0.2, -0.15) is 0 Å². The summed E-state index contributed by atoms with van der Waals surface area (Å²) in [5.41, 5.74) is 3.84. The molecule has 0 radical (unpaired) electrons.